The number of hydrogen-bond acceptors (Lipinski definition) is 4. The van der Waals surface area contributed by atoms with Gasteiger partial charge in [-0.1, -0.05) is 37.3 Å². The normalized spacial score (nSPS) is 18.5. The van der Waals surface area contributed by atoms with Crippen LogP contribution in [0.2, 0.25) is 0 Å². The van der Waals surface area contributed by atoms with Gasteiger partial charge in [-0.2, -0.15) is 0 Å². The lowest BCUT2D eigenvalue weighted by Crippen LogP contribution is -2.44. The first-order valence-electron chi connectivity index (χ1n) is 8.98. The highest BCUT2D eigenvalue weighted by Crippen LogP contribution is 2.21. The highest BCUT2D eigenvalue weighted by molar-refractivity contribution is 7.09. The number of guanidine groups is 1. The summed E-state index contributed by atoms with van der Waals surface area (Å²) in [7, 11) is 1.82. The second-order valence-corrected chi connectivity index (χ2v) is 7.17. The molecule has 25 heavy (non-hydrogen) atoms. The summed E-state index contributed by atoms with van der Waals surface area (Å²) in [5.41, 5.74) is 2.20. The predicted molar refractivity (Wildman–Crippen MR) is 106 cm³/mol. The summed E-state index contributed by atoms with van der Waals surface area (Å²) in [5.74, 6) is 0.847. The van der Waals surface area contributed by atoms with Gasteiger partial charge in [0.05, 0.1) is 12.2 Å². The number of hydrogen-bond donors (Lipinski definition) is 2. The fraction of sp³-hybridized carbons (Fsp3) is 0.474. The Kier molecular flexibility index (Phi) is 6.42. The van der Waals surface area contributed by atoms with Crippen LogP contribution in [0.25, 0.3) is 11.3 Å². The van der Waals surface area contributed by atoms with Crippen molar-refractivity contribution in [1.29, 1.82) is 0 Å². The molecule has 2 heterocycles. The smallest absolute Gasteiger partial charge is 0.191 e. The molecule has 0 spiro atoms. The maximum Gasteiger partial charge on any atom is 0.191 e. The molecule has 1 aromatic carbocycles. The minimum atomic E-state index is 0.619. The number of aromatic nitrogens is 1. The third-order valence-corrected chi connectivity index (χ3v) is 5.51. The van der Waals surface area contributed by atoms with E-state index in [4.69, 9.17) is 4.98 Å². The van der Waals surface area contributed by atoms with E-state index in [0.29, 0.717) is 12.6 Å². The van der Waals surface area contributed by atoms with Gasteiger partial charge in [0.25, 0.3) is 0 Å². The van der Waals surface area contributed by atoms with Crippen molar-refractivity contribution in [3.8, 4) is 11.3 Å². The molecule has 3 rings (SSSR count). The van der Waals surface area contributed by atoms with Crippen LogP contribution >= 0.6 is 11.3 Å². The number of thiazole rings is 1. The molecule has 1 saturated heterocycles. The van der Waals surface area contributed by atoms with Gasteiger partial charge in [0.1, 0.15) is 5.01 Å². The van der Waals surface area contributed by atoms with E-state index >= 15 is 0 Å². The van der Waals surface area contributed by atoms with Crippen LogP contribution in [0.3, 0.4) is 0 Å². The topological polar surface area (TPSA) is 52.5 Å². The van der Waals surface area contributed by atoms with Crippen LogP contribution in [-0.2, 0) is 6.54 Å². The molecule has 1 aliphatic heterocycles. The Labute approximate surface area is 154 Å². The molecule has 0 amide bonds. The zero-order valence-electron chi connectivity index (χ0n) is 15.0. The van der Waals surface area contributed by atoms with Crippen LogP contribution in [0, 0.1) is 0 Å². The summed E-state index contributed by atoms with van der Waals surface area (Å²) in [5, 5.41) is 10.0. The lowest BCUT2D eigenvalue weighted by molar-refractivity contribution is 0.267. The lowest BCUT2D eigenvalue weighted by Gasteiger charge is -2.23. The number of likely N-dealkylation sites (tertiary alicyclic amines) is 1. The zero-order valence-corrected chi connectivity index (χ0v) is 15.9. The van der Waals surface area contributed by atoms with Crippen molar-refractivity contribution < 1.29 is 0 Å². The first kappa shape index (κ1) is 17.9. The van der Waals surface area contributed by atoms with Crippen LogP contribution in [-0.4, -0.2) is 48.6 Å². The standard InChI is InChI=1S/C19H27N5S/c1-3-24-11-7-10-16(24)12-21-19(20-2)22-13-18-23-17(14-25-18)15-8-5-4-6-9-15/h4-6,8-9,14,16H,3,7,10-13H2,1-2H3,(H2,20,21,22). The number of nitrogens with one attached hydrogen (secondary N) is 2. The molecule has 1 fully saturated rings. The summed E-state index contributed by atoms with van der Waals surface area (Å²) < 4.78 is 0. The molecular formula is C19H27N5S. The van der Waals surface area contributed by atoms with E-state index in [0.717, 1.165) is 35.3 Å². The van der Waals surface area contributed by atoms with Crippen LogP contribution < -0.4 is 10.6 Å². The number of rotatable bonds is 6. The van der Waals surface area contributed by atoms with Crippen molar-refractivity contribution >= 4 is 17.3 Å². The molecule has 1 unspecified atom stereocenters. The van der Waals surface area contributed by atoms with Gasteiger partial charge >= 0.3 is 0 Å². The average molecular weight is 358 g/mol. The maximum atomic E-state index is 4.71. The third-order valence-electron chi connectivity index (χ3n) is 4.66. The lowest BCUT2D eigenvalue weighted by atomic mass is 10.2. The van der Waals surface area contributed by atoms with Crippen LogP contribution in [0.4, 0.5) is 0 Å². The summed E-state index contributed by atoms with van der Waals surface area (Å²) in [6.45, 7) is 6.22. The average Bonchev–Trinajstić information content (AvgIpc) is 3.31. The largest absolute Gasteiger partial charge is 0.355 e. The second kappa shape index (κ2) is 8.97. The SMILES string of the molecule is CCN1CCCC1CNC(=NC)NCc1nc(-c2ccccc2)cs1. The maximum absolute atomic E-state index is 4.71. The summed E-state index contributed by atoms with van der Waals surface area (Å²) >= 11 is 1.68. The van der Waals surface area contributed by atoms with Gasteiger partial charge < -0.3 is 10.6 Å². The van der Waals surface area contributed by atoms with Crippen molar-refractivity contribution in [2.45, 2.75) is 32.4 Å². The fourth-order valence-corrected chi connectivity index (χ4v) is 4.01. The fourth-order valence-electron chi connectivity index (χ4n) is 3.27. The minimum Gasteiger partial charge on any atom is -0.355 e. The molecule has 2 aromatic rings. The highest BCUT2D eigenvalue weighted by Gasteiger charge is 2.22. The summed E-state index contributed by atoms with van der Waals surface area (Å²) in [6, 6.07) is 10.9. The summed E-state index contributed by atoms with van der Waals surface area (Å²) in [4.78, 5) is 11.6. The number of likely N-dealkylation sites (N-methyl/N-ethyl adjacent to an activating group) is 1. The predicted octanol–water partition coefficient (Wildman–Crippen LogP) is 2.96. The Morgan fingerprint density at radius 1 is 1.32 bits per heavy atom. The Bertz CT molecular complexity index is 682. The summed E-state index contributed by atoms with van der Waals surface area (Å²) in [6.07, 6.45) is 2.57. The molecule has 134 valence electrons. The van der Waals surface area contributed by atoms with Crippen molar-refractivity contribution in [3.05, 3.63) is 40.7 Å². The van der Waals surface area contributed by atoms with E-state index in [2.05, 4.69) is 45.0 Å². The van der Waals surface area contributed by atoms with Crippen molar-refractivity contribution in [2.75, 3.05) is 26.7 Å². The number of aliphatic imine (C=N–C) groups is 1. The van der Waals surface area contributed by atoms with Gasteiger partial charge in [-0.05, 0) is 25.9 Å². The molecule has 5 nitrogen and oxygen atoms in total. The van der Waals surface area contributed by atoms with E-state index in [9.17, 15) is 0 Å². The van der Waals surface area contributed by atoms with E-state index in [-0.39, 0.29) is 0 Å². The first-order valence-corrected chi connectivity index (χ1v) is 9.86. The van der Waals surface area contributed by atoms with E-state index < -0.39 is 0 Å². The molecule has 1 aromatic heterocycles. The van der Waals surface area contributed by atoms with Crippen LogP contribution in [0.5, 0.6) is 0 Å². The van der Waals surface area contributed by atoms with Gasteiger partial charge in [0.2, 0.25) is 0 Å². The molecule has 0 saturated carbocycles. The third kappa shape index (κ3) is 4.80. The Morgan fingerprint density at radius 2 is 2.16 bits per heavy atom. The Morgan fingerprint density at radius 3 is 2.92 bits per heavy atom. The molecule has 2 N–H and O–H groups in total. The van der Waals surface area contributed by atoms with Gasteiger partial charge in [-0.15, -0.1) is 11.3 Å². The quantitative estimate of drug-likeness (QED) is 0.616. The van der Waals surface area contributed by atoms with Gasteiger partial charge in [0, 0.05) is 30.6 Å². The highest BCUT2D eigenvalue weighted by atomic mass is 32.1. The van der Waals surface area contributed by atoms with E-state index in [1.807, 2.05) is 25.2 Å². The van der Waals surface area contributed by atoms with Gasteiger partial charge in [-0.3, -0.25) is 9.89 Å². The van der Waals surface area contributed by atoms with E-state index in [1.165, 1.54) is 19.4 Å². The Hall–Kier alpha value is -1.92. The minimum absolute atomic E-state index is 0.619. The molecule has 6 heteroatoms. The number of nitrogens with zero attached hydrogens (tertiary/aromatic N) is 3. The van der Waals surface area contributed by atoms with Crippen LogP contribution in [0.1, 0.15) is 24.8 Å². The zero-order chi connectivity index (χ0) is 17.5. The van der Waals surface area contributed by atoms with Crippen LogP contribution in [0.15, 0.2) is 40.7 Å². The van der Waals surface area contributed by atoms with Gasteiger partial charge in [-0.25, -0.2) is 4.98 Å². The second-order valence-electron chi connectivity index (χ2n) is 6.22. The van der Waals surface area contributed by atoms with Crippen molar-refractivity contribution in [1.82, 2.24) is 20.5 Å². The van der Waals surface area contributed by atoms with Gasteiger partial charge in [0.15, 0.2) is 5.96 Å². The molecule has 0 bridgehead atoms. The van der Waals surface area contributed by atoms with E-state index in [1.54, 1.807) is 11.3 Å². The molecule has 1 atom stereocenters. The molecule has 1 aliphatic rings. The van der Waals surface area contributed by atoms with Crippen molar-refractivity contribution in [2.24, 2.45) is 4.99 Å². The number of benzene rings is 1. The first-order chi connectivity index (χ1) is 12.3. The molecule has 0 aliphatic carbocycles. The molecule has 0 radical (unpaired) electrons. The molecular weight excluding hydrogens is 330 g/mol. The Balaban J connectivity index is 1.49. The monoisotopic (exact) mass is 357 g/mol. The van der Waals surface area contributed by atoms with Crippen molar-refractivity contribution in [3.63, 3.8) is 0 Å².